The molecule has 18 heavy (non-hydrogen) atoms. The van der Waals surface area contributed by atoms with Crippen molar-refractivity contribution in [2.24, 2.45) is 5.73 Å². The molecule has 1 rings (SSSR count). The van der Waals surface area contributed by atoms with Gasteiger partial charge in [-0.2, -0.15) is 0 Å². The third-order valence-corrected chi connectivity index (χ3v) is 2.87. The van der Waals surface area contributed by atoms with Crippen molar-refractivity contribution in [2.45, 2.75) is 12.5 Å². The first kappa shape index (κ1) is 14.7. The van der Waals surface area contributed by atoms with Crippen LogP contribution in [0.2, 0.25) is 0 Å². The van der Waals surface area contributed by atoms with Crippen molar-refractivity contribution in [3.8, 4) is 0 Å². The zero-order valence-corrected chi connectivity index (χ0v) is 11.5. The van der Waals surface area contributed by atoms with Crippen LogP contribution in [0.15, 0.2) is 30.3 Å². The highest BCUT2D eigenvalue weighted by atomic mass is 16.2. The summed E-state index contributed by atoms with van der Waals surface area (Å²) in [7, 11) is 5.78. The summed E-state index contributed by atoms with van der Waals surface area (Å²) in [4.78, 5) is 15.8. The quantitative estimate of drug-likeness (QED) is 0.802. The van der Waals surface area contributed by atoms with Crippen LogP contribution in [0.1, 0.15) is 5.56 Å². The lowest BCUT2D eigenvalue weighted by Gasteiger charge is -2.23. The number of hydrogen-bond acceptors (Lipinski definition) is 3. The van der Waals surface area contributed by atoms with Crippen molar-refractivity contribution < 1.29 is 4.79 Å². The van der Waals surface area contributed by atoms with E-state index in [1.54, 1.807) is 11.9 Å². The lowest BCUT2D eigenvalue weighted by molar-refractivity contribution is -0.131. The van der Waals surface area contributed by atoms with Crippen molar-refractivity contribution in [2.75, 3.05) is 34.2 Å². The van der Waals surface area contributed by atoms with Gasteiger partial charge >= 0.3 is 0 Å². The number of carbonyl (C=O) groups excluding carboxylic acids is 1. The van der Waals surface area contributed by atoms with Gasteiger partial charge in [0.25, 0.3) is 0 Å². The van der Waals surface area contributed by atoms with E-state index >= 15 is 0 Å². The average molecular weight is 249 g/mol. The van der Waals surface area contributed by atoms with E-state index in [2.05, 4.69) is 0 Å². The molecule has 2 N–H and O–H groups in total. The fourth-order valence-corrected chi connectivity index (χ4v) is 1.70. The fourth-order valence-electron chi connectivity index (χ4n) is 1.70. The molecule has 0 fully saturated rings. The molecule has 0 spiro atoms. The minimum absolute atomic E-state index is 0.000651. The minimum Gasteiger partial charge on any atom is -0.343 e. The Kier molecular flexibility index (Phi) is 5.82. The monoisotopic (exact) mass is 249 g/mol. The van der Waals surface area contributed by atoms with E-state index in [0.717, 1.165) is 12.1 Å². The predicted molar refractivity (Wildman–Crippen MR) is 74.3 cm³/mol. The minimum atomic E-state index is -0.459. The van der Waals surface area contributed by atoms with Gasteiger partial charge in [0.1, 0.15) is 0 Å². The molecule has 4 heteroatoms. The molecule has 0 aromatic heterocycles. The smallest absolute Gasteiger partial charge is 0.239 e. The van der Waals surface area contributed by atoms with Crippen LogP contribution in [0.25, 0.3) is 0 Å². The summed E-state index contributed by atoms with van der Waals surface area (Å²) in [6.07, 6.45) is 0.589. The molecule has 4 nitrogen and oxygen atoms in total. The molecule has 1 aromatic carbocycles. The van der Waals surface area contributed by atoms with Crippen molar-refractivity contribution in [1.82, 2.24) is 9.80 Å². The molecule has 100 valence electrons. The molecule has 0 heterocycles. The molecule has 1 aromatic rings. The largest absolute Gasteiger partial charge is 0.343 e. The lowest BCUT2D eigenvalue weighted by Crippen LogP contribution is -2.45. The third kappa shape index (κ3) is 4.85. The summed E-state index contributed by atoms with van der Waals surface area (Å²) < 4.78 is 0. The van der Waals surface area contributed by atoms with Gasteiger partial charge < -0.3 is 15.5 Å². The Balaban J connectivity index is 2.46. The number of carbonyl (C=O) groups is 1. The van der Waals surface area contributed by atoms with Crippen molar-refractivity contribution in [3.05, 3.63) is 35.9 Å². The second-order valence-electron chi connectivity index (χ2n) is 4.86. The highest BCUT2D eigenvalue weighted by Gasteiger charge is 2.18. The Morgan fingerprint density at radius 2 is 1.78 bits per heavy atom. The van der Waals surface area contributed by atoms with Gasteiger partial charge in [-0.25, -0.2) is 0 Å². The van der Waals surface area contributed by atoms with Crippen molar-refractivity contribution >= 4 is 5.91 Å². The average Bonchev–Trinajstić information content (AvgIpc) is 2.36. The van der Waals surface area contributed by atoms with Crippen LogP contribution >= 0.6 is 0 Å². The highest BCUT2D eigenvalue weighted by molar-refractivity contribution is 5.81. The molecule has 0 unspecified atom stereocenters. The summed E-state index contributed by atoms with van der Waals surface area (Å²) in [6, 6.07) is 9.41. The number of nitrogens with two attached hydrogens (primary N) is 1. The molecule has 0 saturated carbocycles. The van der Waals surface area contributed by atoms with Gasteiger partial charge in [-0.15, -0.1) is 0 Å². The molecule has 0 bridgehead atoms. The number of hydrogen-bond donors (Lipinski definition) is 1. The maximum Gasteiger partial charge on any atom is 0.239 e. The first-order chi connectivity index (χ1) is 8.50. The first-order valence-electron chi connectivity index (χ1n) is 6.20. The van der Waals surface area contributed by atoms with Crippen LogP contribution in [0.5, 0.6) is 0 Å². The van der Waals surface area contributed by atoms with E-state index in [4.69, 9.17) is 5.73 Å². The van der Waals surface area contributed by atoms with E-state index in [1.165, 1.54) is 0 Å². The molecular formula is C14H23N3O. The van der Waals surface area contributed by atoms with Crippen LogP contribution in [0.4, 0.5) is 0 Å². The Labute approximate surface area is 109 Å². The third-order valence-electron chi connectivity index (χ3n) is 2.87. The second kappa shape index (κ2) is 7.13. The SMILES string of the molecule is CN(C)CCN(C)C(=O)[C@H](N)Cc1ccccc1. The lowest BCUT2D eigenvalue weighted by atomic mass is 10.1. The molecule has 0 aliphatic rings. The first-order valence-corrected chi connectivity index (χ1v) is 6.20. The van der Waals surface area contributed by atoms with Crippen LogP contribution in [-0.2, 0) is 11.2 Å². The van der Waals surface area contributed by atoms with Gasteiger partial charge in [-0.3, -0.25) is 4.79 Å². The molecule has 0 aliphatic heterocycles. The fraction of sp³-hybridized carbons (Fsp3) is 0.500. The number of likely N-dealkylation sites (N-methyl/N-ethyl adjacent to an activating group) is 2. The van der Waals surface area contributed by atoms with Gasteiger partial charge in [-0.1, -0.05) is 30.3 Å². The topological polar surface area (TPSA) is 49.6 Å². The maximum atomic E-state index is 12.0. The zero-order chi connectivity index (χ0) is 13.5. The molecule has 0 aliphatic carbocycles. The number of rotatable bonds is 6. The Morgan fingerprint density at radius 1 is 1.17 bits per heavy atom. The van der Waals surface area contributed by atoms with E-state index in [0.29, 0.717) is 13.0 Å². The molecular weight excluding hydrogens is 226 g/mol. The Bertz CT molecular complexity index is 365. The molecule has 1 amide bonds. The van der Waals surface area contributed by atoms with E-state index in [1.807, 2.05) is 49.3 Å². The summed E-state index contributed by atoms with van der Waals surface area (Å²) in [6.45, 7) is 1.55. The summed E-state index contributed by atoms with van der Waals surface area (Å²) in [5.41, 5.74) is 7.05. The maximum absolute atomic E-state index is 12.0. The zero-order valence-electron chi connectivity index (χ0n) is 11.5. The van der Waals surface area contributed by atoms with Crippen molar-refractivity contribution in [1.29, 1.82) is 0 Å². The second-order valence-corrected chi connectivity index (χ2v) is 4.86. The molecule has 1 atom stereocenters. The number of nitrogens with zero attached hydrogens (tertiary/aromatic N) is 2. The van der Waals surface area contributed by atoms with Gasteiger partial charge in [0, 0.05) is 20.1 Å². The predicted octanol–water partition coefficient (Wildman–Crippen LogP) is 0.576. The van der Waals surface area contributed by atoms with E-state index in [9.17, 15) is 4.79 Å². The van der Waals surface area contributed by atoms with Gasteiger partial charge in [0.2, 0.25) is 5.91 Å². The van der Waals surface area contributed by atoms with Gasteiger partial charge in [-0.05, 0) is 26.1 Å². The van der Waals surface area contributed by atoms with Crippen LogP contribution in [-0.4, -0.2) is 56.0 Å². The molecule has 0 radical (unpaired) electrons. The highest BCUT2D eigenvalue weighted by Crippen LogP contribution is 2.03. The summed E-state index contributed by atoms with van der Waals surface area (Å²) in [5.74, 6) is 0.000651. The summed E-state index contributed by atoms with van der Waals surface area (Å²) in [5, 5.41) is 0. The van der Waals surface area contributed by atoms with Crippen LogP contribution < -0.4 is 5.73 Å². The standard InChI is InChI=1S/C14H23N3O/c1-16(2)9-10-17(3)14(18)13(15)11-12-7-5-4-6-8-12/h4-8,13H,9-11,15H2,1-3H3/t13-/m1/s1. The van der Waals surface area contributed by atoms with Crippen LogP contribution in [0.3, 0.4) is 0 Å². The number of amides is 1. The Morgan fingerprint density at radius 3 is 2.33 bits per heavy atom. The van der Waals surface area contributed by atoms with Crippen molar-refractivity contribution in [3.63, 3.8) is 0 Å². The number of benzene rings is 1. The van der Waals surface area contributed by atoms with E-state index < -0.39 is 6.04 Å². The molecule has 0 saturated heterocycles. The van der Waals surface area contributed by atoms with Gasteiger partial charge in [0.05, 0.1) is 6.04 Å². The summed E-state index contributed by atoms with van der Waals surface area (Å²) >= 11 is 0. The normalized spacial score (nSPS) is 12.5. The van der Waals surface area contributed by atoms with E-state index in [-0.39, 0.29) is 5.91 Å². The van der Waals surface area contributed by atoms with Gasteiger partial charge in [0.15, 0.2) is 0 Å². The Hall–Kier alpha value is -1.39. The van der Waals surface area contributed by atoms with Crippen LogP contribution in [0, 0.1) is 0 Å².